The molecule has 1 fully saturated rings. The second-order valence-electron chi connectivity index (χ2n) is 3.32. The van der Waals surface area contributed by atoms with Gasteiger partial charge in [-0.2, -0.15) is 0 Å². The summed E-state index contributed by atoms with van der Waals surface area (Å²) in [4.78, 5) is 2.46. The summed E-state index contributed by atoms with van der Waals surface area (Å²) in [6, 6.07) is 0.654. The molecule has 0 bridgehead atoms. The van der Waals surface area contributed by atoms with Crippen molar-refractivity contribution in [3.8, 4) is 0 Å². The Labute approximate surface area is 74.1 Å². The van der Waals surface area contributed by atoms with E-state index < -0.39 is 0 Å². The van der Waals surface area contributed by atoms with E-state index in [2.05, 4.69) is 17.1 Å². The van der Waals surface area contributed by atoms with Crippen LogP contribution in [0.15, 0.2) is 0 Å². The molecule has 1 unspecified atom stereocenters. The van der Waals surface area contributed by atoms with Gasteiger partial charge in [-0.25, -0.2) is 4.39 Å². The molecule has 0 amide bonds. The van der Waals surface area contributed by atoms with Crippen molar-refractivity contribution in [3.63, 3.8) is 0 Å². The molecule has 0 spiro atoms. The molecular formula is C9H19FN2. The molecule has 1 saturated heterocycles. The van der Waals surface area contributed by atoms with E-state index in [0.717, 1.165) is 13.1 Å². The predicted molar refractivity (Wildman–Crippen MR) is 49.1 cm³/mol. The molecule has 2 nitrogen and oxygen atoms in total. The average molecular weight is 174 g/mol. The van der Waals surface area contributed by atoms with Crippen molar-refractivity contribution in [3.05, 3.63) is 0 Å². The molecule has 72 valence electrons. The van der Waals surface area contributed by atoms with Crippen LogP contribution >= 0.6 is 0 Å². The van der Waals surface area contributed by atoms with Gasteiger partial charge < -0.3 is 5.32 Å². The van der Waals surface area contributed by atoms with E-state index in [9.17, 15) is 4.39 Å². The maximum absolute atomic E-state index is 11.8. The third-order valence-corrected chi connectivity index (χ3v) is 2.56. The highest BCUT2D eigenvalue weighted by Gasteiger charge is 2.21. The molecule has 12 heavy (non-hydrogen) atoms. The van der Waals surface area contributed by atoms with E-state index in [-0.39, 0.29) is 6.67 Å². The number of nitrogens with zero attached hydrogens (tertiary/aromatic N) is 1. The summed E-state index contributed by atoms with van der Waals surface area (Å²) in [7, 11) is 0. The van der Waals surface area contributed by atoms with Crippen LogP contribution in [0.4, 0.5) is 4.39 Å². The molecule has 0 aromatic heterocycles. The van der Waals surface area contributed by atoms with Gasteiger partial charge in [0, 0.05) is 19.1 Å². The van der Waals surface area contributed by atoms with Gasteiger partial charge in [0.15, 0.2) is 0 Å². The molecule has 0 saturated carbocycles. The maximum atomic E-state index is 11.8. The lowest BCUT2D eigenvalue weighted by Gasteiger charge is -2.22. The number of halogens is 1. The molecule has 3 heteroatoms. The standard InChI is InChI=1S/C9H19FN2/c1-2-12-7-3-4-9(12)8-11-6-5-10/h9,11H,2-8H2,1H3. The first-order valence-corrected chi connectivity index (χ1v) is 4.89. The second kappa shape index (κ2) is 5.49. The number of nitrogens with one attached hydrogen (secondary N) is 1. The Morgan fingerprint density at radius 3 is 3.08 bits per heavy atom. The van der Waals surface area contributed by atoms with E-state index >= 15 is 0 Å². The smallest absolute Gasteiger partial charge is 0.102 e. The Bertz CT molecular complexity index is 119. The minimum atomic E-state index is -0.251. The van der Waals surface area contributed by atoms with Gasteiger partial charge in [-0.3, -0.25) is 4.90 Å². The van der Waals surface area contributed by atoms with Gasteiger partial charge in [0.25, 0.3) is 0 Å². The van der Waals surface area contributed by atoms with Gasteiger partial charge in [0.1, 0.15) is 6.67 Å². The Balaban J connectivity index is 2.12. The molecule has 1 heterocycles. The van der Waals surface area contributed by atoms with Crippen molar-refractivity contribution < 1.29 is 4.39 Å². The van der Waals surface area contributed by atoms with Crippen LogP contribution in [0.3, 0.4) is 0 Å². The lowest BCUT2D eigenvalue weighted by molar-refractivity contribution is 0.258. The molecule has 1 rings (SSSR count). The first kappa shape index (κ1) is 9.93. The van der Waals surface area contributed by atoms with Crippen LogP contribution in [-0.4, -0.2) is 43.8 Å². The van der Waals surface area contributed by atoms with Gasteiger partial charge in [-0.05, 0) is 25.9 Å². The third kappa shape index (κ3) is 2.72. The molecule has 0 aromatic rings. The fourth-order valence-electron chi connectivity index (χ4n) is 1.88. The van der Waals surface area contributed by atoms with E-state index in [1.165, 1.54) is 19.4 Å². The fourth-order valence-corrected chi connectivity index (χ4v) is 1.88. The first-order valence-electron chi connectivity index (χ1n) is 4.89. The largest absolute Gasteiger partial charge is 0.313 e. The Kier molecular flexibility index (Phi) is 4.54. The number of likely N-dealkylation sites (N-methyl/N-ethyl adjacent to an activating group) is 1. The van der Waals surface area contributed by atoms with Gasteiger partial charge in [-0.1, -0.05) is 6.92 Å². The van der Waals surface area contributed by atoms with Gasteiger partial charge in [-0.15, -0.1) is 0 Å². The quantitative estimate of drug-likeness (QED) is 0.626. The van der Waals surface area contributed by atoms with Crippen LogP contribution in [0.2, 0.25) is 0 Å². The minimum Gasteiger partial charge on any atom is -0.313 e. The second-order valence-corrected chi connectivity index (χ2v) is 3.32. The molecule has 1 atom stereocenters. The van der Waals surface area contributed by atoms with Crippen LogP contribution in [0.1, 0.15) is 19.8 Å². The highest BCUT2D eigenvalue weighted by molar-refractivity contribution is 4.79. The Morgan fingerprint density at radius 1 is 1.58 bits per heavy atom. The van der Waals surface area contributed by atoms with E-state index in [1.54, 1.807) is 0 Å². The molecule has 1 aliphatic rings. The van der Waals surface area contributed by atoms with E-state index in [0.29, 0.717) is 12.6 Å². The Morgan fingerprint density at radius 2 is 2.42 bits per heavy atom. The molecule has 1 aliphatic heterocycles. The maximum Gasteiger partial charge on any atom is 0.102 e. The summed E-state index contributed by atoms with van der Waals surface area (Å²) in [6.07, 6.45) is 2.57. The number of alkyl halides is 1. The summed E-state index contributed by atoms with van der Waals surface area (Å²) in [5.41, 5.74) is 0. The van der Waals surface area contributed by atoms with Crippen LogP contribution < -0.4 is 5.32 Å². The minimum absolute atomic E-state index is 0.251. The van der Waals surface area contributed by atoms with Crippen molar-refractivity contribution in [2.24, 2.45) is 0 Å². The van der Waals surface area contributed by atoms with Crippen molar-refractivity contribution in [1.29, 1.82) is 0 Å². The van der Waals surface area contributed by atoms with Crippen LogP contribution in [0.5, 0.6) is 0 Å². The van der Waals surface area contributed by atoms with Crippen molar-refractivity contribution >= 4 is 0 Å². The lowest BCUT2D eigenvalue weighted by Crippen LogP contribution is -2.38. The van der Waals surface area contributed by atoms with Crippen LogP contribution in [-0.2, 0) is 0 Å². The van der Waals surface area contributed by atoms with Crippen molar-refractivity contribution in [2.45, 2.75) is 25.8 Å². The highest BCUT2D eigenvalue weighted by atomic mass is 19.1. The number of likely N-dealkylation sites (tertiary alicyclic amines) is 1. The molecule has 0 radical (unpaired) electrons. The number of hydrogen-bond donors (Lipinski definition) is 1. The predicted octanol–water partition coefficient (Wildman–Crippen LogP) is 1.03. The van der Waals surface area contributed by atoms with Gasteiger partial charge in [0.05, 0.1) is 0 Å². The molecule has 1 N–H and O–H groups in total. The molecule has 0 aliphatic carbocycles. The lowest BCUT2D eigenvalue weighted by atomic mass is 10.2. The third-order valence-electron chi connectivity index (χ3n) is 2.56. The highest BCUT2D eigenvalue weighted by Crippen LogP contribution is 2.15. The summed E-state index contributed by atoms with van der Waals surface area (Å²) < 4.78 is 11.8. The van der Waals surface area contributed by atoms with E-state index in [1.807, 2.05) is 0 Å². The summed E-state index contributed by atoms with van der Waals surface area (Å²) in [6.45, 7) is 5.75. The normalized spacial score (nSPS) is 25.0. The SMILES string of the molecule is CCN1CCCC1CNCCF. The topological polar surface area (TPSA) is 15.3 Å². The van der Waals surface area contributed by atoms with Gasteiger partial charge >= 0.3 is 0 Å². The fraction of sp³-hybridized carbons (Fsp3) is 1.00. The molecular weight excluding hydrogens is 155 g/mol. The number of rotatable bonds is 5. The van der Waals surface area contributed by atoms with Crippen LogP contribution in [0.25, 0.3) is 0 Å². The zero-order chi connectivity index (χ0) is 8.81. The van der Waals surface area contributed by atoms with Crippen molar-refractivity contribution in [2.75, 3.05) is 32.9 Å². The first-order chi connectivity index (χ1) is 5.88. The molecule has 0 aromatic carbocycles. The van der Waals surface area contributed by atoms with Gasteiger partial charge in [0.2, 0.25) is 0 Å². The monoisotopic (exact) mass is 174 g/mol. The number of hydrogen-bond acceptors (Lipinski definition) is 2. The van der Waals surface area contributed by atoms with Crippen molar-refractivity contribution in [1.82, 2.24) is 10.2 Å². The zero-order valence-corrected chi connectivity index (χ0v) is 7.85. The Hall–Kier alpha value is -0.150. The van der Waals surface area contributed by atoms with E-state index in [4.69, 9.17) is 0 Å². The summed E-state index contributed by atoms with van der Waals surface area (Å²) >= 11 is 0. The summed E-state index contributed by atoms with van der Waals surface area (Å²) in [5.74, 6) is 0. The average Bonchev–Trinajstić information content (AvgIpc) is 2.52. The van der Waals surface area contributed by atoms with Crippen LogP contribution in [0, 0.1) is 0 Å². The summed E-state index contributed by atoms with van der Waals surface area (Å²) in [5, 5.41) is 3.12. The zero-order valence-electron chi connectivity index (χ0n) is 7.85.